The van der Waals surface area contributed by atoms with Gasteiger partial charge in [-0.15, -0.1) is 11.3 Å². The molecule has 130 valence electrons. The highest BCUT2D eigenvalue weighted by atomic mass is 32.1. The first-order valence-electron chi connectivity index (χ1n) is 8.55. The molecule has 0 unspecified atom stereocenters. The van der Waals surface area contributed by atoms with Gasteiger partial charge in [0.2, 0.25) is 5.43 Å². The summed E-state index contributed by atoms with van der Waals surface area (Å²) in [6.07, 6.45) is 0.603. The van der Waals surface area contributed by atoms with Crippen LogP contribution in [-0.4, -0.2) is 9.55 Å². The maximum absolute atomic E-state index is 13.3. The average Bonchev–Trinajstić information content (AvgIpc) is 2.60. The molecule has 0 aliphatic rings. The lowest BCUT2D eigenvalue weighted by atomic mass is 10.1. The molecule has 0 aliphatic heterocycles. The lowest BCUT2D eigenvalue weighted by Crippen LogP contribution is -2.27. The molecule has 4 aromatic rings. The summed E-state index contributed by atoms with van der Waals surface area (Å²) in [6.45, 7) is 5.96. The Morgan fingerprint density at radius 1 is 1.04 bits per heavy atom. The summed E-state index contributed by atoms with van der Waals surface area (Å²) in [5, 5.41) is 0.741. The minimum absolute atomic E-state index is 0.171. The molecule has 2 heterocycles. The summed E-state index contributed by atoms with van der Waals surface area (Å²) in [5.74, 6) is 0.665. The van der Waals surface area contributed by atoms with Gasteiger partial charge in [0.1, 0.15) is 16.0 Å². The van der Waals surface area contributed by atoms with Crippen LogP contribution in [0.4, 0.5) is 0 Å². The van der Waals surface area contributed by atoms with Gasteiger partial charge in [-0.05, 0) is 49.2 Å². The van der Waals surface area contributed by atoms with Crippen LogP contribution in [0.5, 0.6) is 0 Å². The van der Waals surface area contributed by atoms with Gasteiger partial charge in [-0.3, -0.25) is 14.2 Å². The number of hydrogen-bond acceptors (Lipinski definition) is 4. The van der Waals surface area contributed by atoms with E-state index < -0.39 is 0 Å². The predicted octanol–water partition coefficient (Wildman–Crippen LogP) is 4.14. The van der Waals surface area contributed by atoms with Crippen LogP contribution in [-0.2, 0) is 6.42 Å². The first-order chi connectivity index (χ1) is 12.5. The number of aryl methyl sites for hydroxylation is 3. The highest BCUT2D eigenvalue weighted by Gasteiger charge is 2.17. The van der Waals surface area contributed by atoms with Gasteiger partial charge in [0.15, 0.2) is 0 Å². The van der Waals surface area contributed by atoms with Crippen LogP contribution >= 0.6 is 11.3 Å². The van der Waals surface area contributed by atoms with E-state index in [1.807, 2.05) is 51.1 Å². The summed E-state index contributed by atoms with van der Waals surface area (Å²) < 4.78 is 2.44. The molecule has 5 heteroatoms. The first kappa shape index (κ1) is 16.7. The normalized spacial score (nSPS) is 11.3. The van der Waals surface area contributed by atoms with E-state index in [0.29, 0.717) is 22.5 Å². The molecular weight excluding hydrogens is 344 g/mol. The Hall–Kier alpha value is -2.79. The number of aromatic nitrogens is 2. The second kappa shape index (κ2) is 6.18. The molecule has 0 spiro atoms. The zero-order chi connectivity index (χ0) is 18.4. The molecular formula is C21H18N2O2S. The van der Waals surface area contributed by atoms with Crippen molar-refractivity contribution >= 4 is 31.6 Å². The van der Waals surface area contributed by atoms with Crippen LogP contribution < -0.4 is 11.0 Å². The van der Waals surface area contributed by atoms with Crippen molar-refractivity contribution in [2.24, 2.45) is 0 Å². The molecule has 26 heavy (non-hydrogen) atoms. The van der Waals surface area contributed by atoms with Crippen molar-refractivity contribution in [1.82, 2.24) is 9.55 Å². The highest BCUT2D eigenvalue weighted by molar-refractivity contribution is 7.24. The number of rotatable bonds is 2. The smallest absolute Gasteiger partial charge is 0.270 e. The fourth-order valence-corrected chi connectivity index (χ4v) is 4.44. The monoisotopic (exact) mass is 362 g/mol. The molecule has 0 saturated heterocycles. The predicted molar refractivity (Wildman–Crippen MR) is 108 cm³/mol. The van der Waals surface area contributed by atoms with Gasteiger partial charge in [0.05, 0.1) is 5.69 Å². The van der Waals surface area contributed by atoms with Gasteiger partial charge in [-0.25, -0.2) is 4.98 Å². The van der Waals surface area contributed by atoms with Crippen LogP contribution in [0.3, 0.4) is 0 Å². The first-order valence-corrected chi connectivity index (χ1v) is 9.37. The number of nitrogens with zero attached hydrogens (tertiary/aromatic N) is 2. The second-order valence-corrected chi connectivity index (χ2v) is 7.51. The molecule has 0 N–H and O–H groups in total. The summed E-state index contributed by atoms with van der Waals surface area (Å²) in [5.41, 5.74) is 2.36. The third kappa shape index (κ3) is 2.56. The molecule has 2 aromatic carbocycles. The topological polar surface area (TPSA) is 52.0 Å². The summed E-state index contributed by atoms with van der Waals surface area (Å²) >= 11 is 1.39. The van der Waals surface area contributed by atoms with E-state index in [4.69, 9.17) is 0 Å². The van der Waals surface area contributed by atoms with Crippen LogP contribution in [0, 0.1) is 13.8 Å². The van der Waals surface area contributed by atoms with Gasteiger partial charge in [-0.2, -0.15) is 0 Å². The maximum atomic E-state index is 13.3. The zero-order valence-electron chi connectivity index (χ0n) is 14.9. The molecule has 0 atom stereocenters. The minimum atomic E-state index is -0.288. The van der Waals surface area contributed by atoms with Crippen LogP contribution in [0.1, 0.15) is 23.9 Å². The van der Waals surface area contributed by atoms with Gasteiger partial charge >= 0.3 is 0 Å². The lowest BCUT2D eigenvalue weighted by molar-refractivity contribution is 0.833. The van der Waals surface area contributed by atoms with E-state index in [0.717, 1.165) is 21.5 Å². The fraction of sp³-hybridized carbons (Fsp3) is 0.190. The highest BCUT2D eigenvalue weighted by Crippen LogP contribution is 2.23. The number of fused-ring (bicyclic) bond motifs is 2. The summed E-state index contributed by atoms with van der Waals surface area (Å²) in [4.78, 5) is 31.5. The largest absolute Gasteiger partial charge is 0.288 e. The molecule has 0 fully saturated rings. The second-order valence-electron chi connectivity index (χ2n) is 6.48. The Labute approximate surface area is 154 Å². The maximum Gasteiger partial charge on any atom is 0.270 e. The molecule has 0 amide bonds. The molecule has 4 rings (SSSR count). The molecule has 0 bridgehead atoms. The van der Waals surface area contributed by atoms with Gasteiger partial charge in [0, 0.05) is 16.5 Å². The van der Waals surface area contributed by atoms with Crippen LogP contribution in [0.2, 0.25) is 0 Å². The van der Waals surface area contributed by atoms with Crippen molar-refractivity contribution in [3.8, 4) is 5.69 Å². The lowest BCUT2D eigenvalue weighted by Gasteiger charge is -2.13. The molecule has 0 saturated carbocycles. The van der Waals surface area contributed by atoms with E-state index in [2.05, 4.69) is 11.1 Å². The third-order valence-corrected chi connectivity index (χ3v) is 5.53. The average molecular weight is 362 g/mol. The fourth-order valence-electron chi connectivity index (χ4n) is 3.38. The number of benzene rings is 2. The van der Waals surface area contributed by atoms with Crippen molar-refractivity contribution in [3.63, 3.8) is 0 Å². The van der Waals surface area contributed by atoms with Gasteiger partial charge < -0.3 is 0 Å². The van der Waals surface area contributed by atoms with Crippen molar-refractivity contribution in [3.05, 3.63) is 80.0 Å². The van der Waals surface area contributed by atoms with Crippen molar-refractivity contribution < 1.29 is 0 Å². The van der Waals surface area contributed by atoms with Gasteiger partial charge in [-0.1, -0.05) is 25.1 Å². The third-order valence-electron chi connectivity index (χ3n) is 4.47. The van der Waals surface area contributed by atoms with E-state index in [-0.39, 0.29) is 16.4 Å². The van der Waals surface area contributed by atoms with E-state index in [1.54, 1.807) is 10.6 Å². The Morgan fingerprint density at radius 2 is 1.73 bits per heavy atom. The van der Waals surface area contributed by atoms with Crippen LogP contribution in [0.15, 0.2) is 52.1 Å². The Bertz CT molecular complexity index is 1260. The van der Waals surface area contributed by atoms with Gasteiger partial charge in [0.25, 0.3) is 5.56 Å². The Morgan fingerprint density at radius 3 is 2.42 bits per heavy atom. The van der Waals surface area contributed by atoms with Crippen molar-refractivity contribution in [2.75, 3.05) is 0 Å². The van der Waals surface area contributed by atoms with Crippen molar-refractivity contribution in [2.45, 2.75) is 27.2 Å². The Kier molecular flexibility index (Phi) is 3.96. The molecule has 0 aliphatic carbocycles. The minimum Gasteiger partial charge on any atom is -0.288 e. The molecule has 2 aromatic heterocycles. The number of hydrogen-bond donors (Lipinski definition) is 0. The summed E-state index contributed by atoms with van der Waals surface area (Å²) in [6, 6.07) is 13.3. The van der Waals surface area contributed by atoms with Crippen LogP contribution in [0.25, 0.3) is 26.0 Å². The molecule has 0 radical (unpaired) electrons. The molecule has 4 nitrogen and oxygen atoms in total. The van der Waals surface area contributed by atoms with E-state index >= 15 is 0 Å². The van der Waals surface area contributed by atoms with Crippen molar-refractivity contribution in [1.29, 1.82) is 0 Å². The Balaban J connectivity index is 2.19. The van der Waals surface area contributed by atoms with E-state index in [9.17, 15) is 9.59 Å². The zero-order valence-corrected chi connectivity index (χ0v) is 15.7. The van der Waals surface area contributed by atoms with E-state index in [1.165, 1.54) is 11.3 Å². The summed E-state index contributed by atoms with van der Waals surface area (Å²) in [7, 11) is 0. The quantitative estimate of drug-likeness (QED) is 0.504. The SMILES string of the molecule is CCc1nc2sc3ccccc3c(=O)c2c(=O)n1-c1cc(C)cc(C)c1. The standard InChI is InChI=1S/C21H18N2O2S/c1-4-17-22-20-18(19(24)15-7-5-6-8-16(15)26-20)21(25)23(17)14-10-12(2)9-13(3)11-14/h5-11H,4H2,1-3H3.